The summed E-state index contributed by atoms with van der Waals surface area (Å²) in [4.78, 5) is 9.98. The summed E-state index contributed by atoms with van der Waals surface area (Å²) in [5, 5.41) is 0. The Labute approximate surface area is 40.3 Å². The van der Waals surface area contributed by atoms with Gasteiger partial charge in [-0.15, -0.1) is 0 Å². The van der Waals surface area contributed by atoms with Gasteiger partial charge in [-0.1, -0.05) is 0 Å². The van der Waals surface area contributed by atoms with Gasteiger partial charge in [-0.25, -0.2) is 9.18 Å². The number of rotatable bonds is 0. The van der Waals surface area contributed by atoms with Crippen LogP contribution in [-0.4, -0.2) is 18.7 Å². The largest absolute Gasteiger partial charge is 0.463 e. The van der Waals surface area contributed by atoms with Crippen LogP contribution in [0.4, 0.5) is 4.39 Å². The minimum atomic E-state index is -1.35. The van der Waals surface area contributed by atoms with Crippen LogP contribution in [0.15, 0.2) is 0 Å². The van der Waals surface area contributed by atoms with Crippen molar-refractivity contribution in [2.24, 2.45) is 0 Å². The fraction of sp³-hybridized carbons (Fsp3) is 0.750. The van der Waals surface area contributed by atoms with E-state index >= 15 is 0 Å². The third-order valence-electron chi connectivity index (χ3n) is 0.871. The zero-order valence-corrected chi connectivity index (χ0v) is 3.69. The molecule has 0 saturated carbocycles. The zero-order chi connectivity index (χ0) is 5.28. The molecule has 1 atom stereocenters. The van der Waals surface area contributed by atoms with Crippen molar-refractivity contribution in [2.75, 3.05) is 6.61 Å². The number of cyclic esters (lactones) is 1. The molecule has 0 aliphatic carbocycles. The van der Waals surface area contributed by atoms with Gasteiger partial charge in [-0.05, 0) is 0 Å². The van der Waals surface area contributed by atoms with Crippen LogP contribution in [0.5, 0.6) is 0 Å². The standard InChI is InChI=1S/C4H5FO2/c5-3-1-2-7-4(3)6/h3H,1-2H2/t3-/m1/s1. The normalized spacial score (nSPS) is 30.4. The van der Waals surface area contributed by atoms with Crippen LogP contribution in [0, 0.1) is 0 Å². The van der Waals surface area contributed by atoms with E-state index in [1.165, 1.54) is 0 Å². The predicted octanol–water partition coefficient (Wildman–Crippen LogP) is 0.271. The molecular weight excluding hydrogens is 99.0 g/mol. The van der Waals surface area contributed by atoms with Crippen molar-refractivity contribution >= 4 is 5.97 Å². The van der Waals surface area contributed by atoms with E-state index in [0.717, 1.165) is 0 Å². The lowest BCUT2D eigenvalue weighted by Crippen LogP contribution is -2.05. The molecule has 1 aliphatic rings. The maximum Gasteiger partial charge on any atom is 0.340 e. The summed E-state index contributed by atoms with van der Waals surface area (Å²) < 4.78 is 16.1. The molecule has 0 amide bonds. The molecule has 0 N–H and O–H groups in total. The van der Waals surface area contributed by atoms with E-state index < -0.39 is 12.1 Å². The molecule has 0 spiro atoms. The van der Waals surface area contributed by atoms with Crippen LogP contribution in [0.1, 0.15) is 6.42 Å². The molecule has 3 heteroatoms. The number of hydrogen-bond acceptors (Lipinski definition) is 2. The minimum absolute atomic E-state index is 0.235. The second-order valence-corrected chi connectivity index (χ2v) is 1.42. The number of ether oxygens (including phenoxy) is 1. The van der Waals surface area contributed by atoms with Gasteiger partial charge in [-0.3, -0.25) is 0 Å². The number of alkyl halides is 1. The molecule has 1 heterocycles. The molecule has 0 bridgehead atoms. The van der Waals surface area contributed by atoms with Crippen LogP contribution in [0.25, 0.3) is 0 Å². The Morgan fingerprint density at radius 3 is 2.71 bits per heavy atom. The van der Waals surface area contributed by atoms with E-state index in [4.69, 9.17) is 0 Å². The highest BCUT2D eigenvalue weighted by Gasteiger charge is 2.24. The average molecular weight is 104 g/mol. The number of hydrogen-bond donors (Lipinski definition) is 0. The SMILES string of the molecule is O=C1OCC[C@H]1F. The first-order chi connectivity index (χ1) is 3.30. The molecule has 1 fully saturated rings. The number of carbonyl (C=O) groups excluding carboxylic acids is 1. The summed E-state index contributed by atoms with van der Waals surface area (Å²) in [6, 6.07) is 0. The fourth-order valence-electron chi connectivity index (χ4n) is 0.471. The second-order valence-electron chi connectivity index (χ2n) is 1.42. The molecular formula is C4H5FO2. The van der Waals surface area contributed by atoms with Gasteiger partial charge in [0.1, 0.15) is 0 Å². The van der Waals surface area contributed by atoms with Crippen molar-refractivity contribution in [3.8, 4) is 0 Å². The quantitative estimate of drug-likeness (QED) is 0.412. The molecule has 0 radical (unpaired) electrons. The summed E-state index contributed by atoms with van der Waals surface area (Å²) >= 11 is 0. The highest BCUT2D eigenvalue weighted by atomic mass is 19.1. The highest BCUT2D eigenvalue weighted by molar-refractivity contribution is 5.76. The average Bonchev–Trinajstić information content (AvgIpc) is 1.91. The van der Waals surface area contributed by atoms with E-state index in [0.29, 0.717) is 0 Å². The summed E-state index contributed by atoms with van der Waals surface area (Å²) in [6.07, 6.45) is -1.11. The number of esters is 1. The van der Waals surface area contributed by atoms with Crippen LogP contribution < -0.4 is 0 Å². The van der Waals surface area contributed by atoms with Crippen LogP contribution >= 0.6 is 0 Å². The van der Waals surface area contributed by atoms with Crippen molar-refractivity contribution in [1.82, 2.24) is 0 Å². The molecule has 1 rings (SSSR count). The van der Waals surface area contributed by atoms with Gasteiger partial charge in [0, 0.05) is 6.42 Å². The molecule has 1 saturated heterocycles. The maximum atomic E-state index is 11.8. The molecule has 7 heavy (non-hydrogen) atoms. The molecule has 40 valence electrons. The van der Waals surface area contributed by atoms with Gasteiger partial charge in [0.25, 0.3) is 0 Å². The molecule has 0 aromatic heterocycles. The smallest absolute Gasteiger partial charge is 0.340 e. The topological polar surface area (TPSA) is 26.3 Å². The Morgan fingerprint density at radius 2 is 2.57 bits per heavy atom. The fourth-order valence-corrected chi connectivity index (χ4v) is 0.471. The Bertz CT molecular complexity index is 91.7. The van der Waals surface area contributed by atoms with Crippen molar-refractivity contribution in [3.05, 3.63) is 0 Å². The van der Waals surface area contributed by atoms with Gasteiger partial charge < -0.3 is 4.74 Å². The first-order valence-electron chi connectivity index (χ1n) is 2.11. The number of carbonyl (C=O) groups is 1. The summed E-state index contributed by atoms with van der Waals surface area (Å²) in [7, 11) is 0. The molecule has 0 aromatic rings. The second kappa shape index (κ2) is 1.48. The Hall–Kier alpha value is -0.600. The van der Waals surface area contributed by atoms with Crippen LogP contribution in [0.3, 0.4) is 0 Å². The Kier molecular flexibility index (Phi) is 0.964. The van der Waals surface area contributed by atoms with Gasteiger partial charge in [-0.2, -0.15) is 0 Å². The van der Waals surface area contributed by atoms with Crippen LogP contribution in [0.2, 0.25) is 0 Å². The highest BCUT2D eigenvalue weighted by Crippen LogP contribution is 2.08. The molecule has 0 aromatic carbocycles. The van der Waals surface area contributed by atoms with E-state index in [1.54, 1.807) is 0 Å². The zero-order valence-electron chi connectivity index (χ0n) is 3.69. The van der Waals surface area contributed by atoms with E-state index in [1.807, 2.05) is 0 Å². The van der Waals surface area contributed by atoms with Crippen molar-refractivity contribution in [3.63, 3.8) is 0 Å². The summed E-state index contributed by atoms with van der Waals surface area (Å²) in [5.41, 5.74) is 0. The lowest BCUT2D eigenvalue weighted by molar-refractivity contribution is -0.141. The van der Waals surface area contributed by atoms with E-state index in [2.05, 4.69) is 4.74 Å². The Morgan fingerprint density at radius 1 is 1.86 bits per heavy atom. The van der Waals surface area contributed by atoms with Gasteiger partial charge >= 0.3 is 5.97 Å². The predicted molar refractivity (Wildman–Crippen MR) is 20.5 cm³/mol. The molecule has 1 aliphatic heterocycles. The van der Waals surface area contributed by atoms with Gasteiger partial charge in [0.05, 0.1) is 6.61 Å². The van der Waals surface area contributed by atoms with Crippen molar-refractivity contribution in [2.45, 2.75) is 12.6 Å². The summed E-state index contributed by atoms with van der Waals surface area (Å²) in [5.74, 6) is -0.708. The lowest BCUT2D eigenvalue weighted by Gasteiger charge is -1.85. The number of halogens is 1. The third-order valence-corrected chi connectivity index (χ3v) is 0.871. The minimum Gasteiger partial charge on any atom is -0.463 e. The maximum absolute atomic E-state index is 11.8. The third kappa shape index (κ3) is 0.706. The molecule has 0 unspecified atom stereocenters. The summed E-state index contributed by atoms with van der Waals surface area (Å²) in [6.45, 7) is 0.250. The van der Waals surface area contributed by atoms with Crippen molar-refractivity contribution < 1.29 is 13.9 Å². The van der Waals surface area contributed by atoms with Crippen molar-refractivity contribution in [1.29, 1.82) is 0 Å². The van der Waals surface area contributed by atoms with Gasteiger partial charge in [0.2, 0.25) is 6.17 Å². The lowest BCUT2D eigenvalue weighted by atomic mass is 10.3. The first kappa shape index (κ1) is 4.56. The molecule has 2 nitrogen and oxygen atoms in total. The van der Waals surface area contributed by atoms with Crippen LogP contribution in [-0.2, 0) is 9.53 Å². The monoisotopic (exact) mass is 104 g/mol. The van der Waals surface area contributed by atoms with Gasteiger partial charge in [0.15, 0.2) is 0 Å². The Balaban J connectivity index is 2.48. The van der Waals surface area contributed by atoms with E-state index in [9.17, 15) is 9.18 Å². The first-order valence-corrected chi connectivity index (χ1v) is 2.11. The van der Waals surface area contributed by atoms with E-state index in [-0.39, 0.29) is 13.0 Å².